The summed E-state index contributed by atoms with van der Waals surface area (Å²) in [6.07, 6.45) is 0. The van der Waals surface area contributed by atoms with Crippen LogP contribution in [0.3, 0.4) is 0 Å². The first-order valence-corrected chi connectivity index (χ1v) is 7.46. The van der Waals surface area contributed by atoms with Crippen LogP contribution >= 0.6 is 34.8 Å². The number of nitrogens with one attached hydrogen (secondary N) is 1. The molecule has 0 unspecified atom stereocenters. The number of fused-ring (bicyclic) bond motifs is 1. The van der Waals surface area contributed by atoms with Crippen molar-refractivity contribution < 1.29 is 4.79 Å². The number of imidazole rings is 1. The van der Waals surface area contributed by atoms with Crippen LogP contribution in [0.5, 0.6) is 0 Å². The van der Waals surface area contributed by atoms with Crippen molar-refractivity contribution >= 4 is 57.7 Å². The third-order valence-corrected chi connectivity index (χ3v) is 4.49. The van der Waals surface area contributed by atoms with Gasteiger partial charge < -0.3 is 9.13 Å². The zero-order valence-corrected chi connectivity index (χ0v) is 14.0. The minimum absolute atomic E-state index is 0.309. The number of anilines is 1. The summed E-state index contributed by atoms with van der Waals surface area (Å²) in [4.78, 5) is 16.7. The van der Waals surface area contributed by atoms with Gasteiger partial charge in [0.1, 0.15) is 10.8 Å². The fourth-order valence-electron chi connectivity index (χ4n) is 2.21. The van der Waals surface area contributed by atoms with Crippen molar-refractivity contribution in [3.05, 3.63) is 45.2 Å². The summed E-state index contributed by atoms with van der Waals surface area (Å²) >= 11 is 17.9. The molecule has 3 rings (SSSR count). The molecule has 5 nitrogen and oxygen atoms in total. The Balaban J connectivity index is 1.97. The number of amides is 1. The van der Waals surface area contributed by atoms with Gasteiger partial charge >= 0.3 is 0 Å². The number of carbonyl (C=O) groups excluding carboxylic acids is 1. The molecule has 0 bridgehead atoms. The predicted molar refractivity (Wildman–Crippen MR) is 89.1 cm³/mol. The standard InChI is InChI=1S/C14H11Cl3N4O/c1-20-11(6-8(16)12(20)17)13(22)19-14-18-9-5-7(15)3-4-10(9)21(14)2/h3-6H,1-2H3,(H,18,19,22). The van der Waals surface area contributed by atoms with E-state index in [-0.39, 0.29) is 5.91 Å². The maximum absolute atomic E-state index is 12.4. The number of nitrogens with zero attached hydrogens (tertiary/aromatic N) is 3. The summed E-state index contributed by atoms with van der Waals surface area (Å²) in [7, 11) is 3.47. The second-order valence-corrected chi connectivity index (χ2v) is 6.01. The van der Waals surface area contributed by atoms with Crippen molar-refractivity contribution in [2.24, 2.45) is 14.1 Å². The van der Waals surface area contributed by atoms with Gasteiger partial charge in [-0.05, 0) is 24.3 Å². The molecule has 2 aromatic heterocycles. The lowest BCUT2D eigenvalue weighted by molar-refractivity contribution is 0.101. The van der Waals surface area contributed by atoms with E-state index in [4.69, 9.17) is 34.8 Å². The Morgan fingerprint density at radius 3 is 2.50 bits per heavy atom. The highest BCUT2D eigenvalue weighted by Crippen LogP contribution is 2.26. The van der Waals surface area contributed by atoms with Crippen LogP contribution in [0.2, 0.25) is 15.2 Å². The molecule has 0 aliphatic rings. The molecule has 0 radical (unpaired) electrons. The lowest BCUT2D eigenvalue weighted by Crippen LogP contribution is -2.18. The van der Waals surface area contributed by atoms with E-state index in [0.29, 0.717) is 32.4 Å². The Kier molecular flexibility index (Phi) is 3.80. The molecule has 0 saturated heterocycles. The molecule has 3 aromatic rings. The summed E-state index contributed by atoms with van der Waals surface area (Å²) < 4.78 is 3.29. The van der Waals surface area contributed by atoms with E-state index in [2.05, 4.69) is 10.3 Å². The molecule has 22 heavy (non-hydrogen) atoms. The van der Waals surface area contributed by atoms with E-state index in [1.807, 2.05) is 13.1 Å². The molecule has 0 saturated carbocycles. The second-order valence-electron chi connectivity index (χ2n) is 4.81. The van der Waals surface area contributed by atoms with Crippen LogP contribution in [0.25, 0.3) is 11.0 Å². The van der Waals surface area contributed by atoms with E-state index in [1.54, 1.807) is 23.7 Å². The number of rotatable bonds is 2. The number of hydrogen-bond donors (Lipinski definition) is 1. The fourth-order valence-corrected chi connectivity index (χ4v) is 2.75. The van der Waals surface area contributed by atoms with Gasteiger partial charge in [0, 0.05) is 19.1 Å². The predicted octanol–water partition coefficient (Wildman–Crippen LogP) is 4.12. The number of aromatic nitrogens is 3. The van der Waals surface area contributed by atoms with Crippen molar-refractivity contribution in [3.8, 4) is 0 Å². The van der Waals surface area contributed by atoms with Crippen molar-refractivity contribution in [1.82, 2.24) is 14.1 Å². The van der Waals surface area contributed by atoms with Crippen molar-refractivity contribution in [2.45, 2.75) is 0 Å². The molecule has 2 heterocycles. The summed E-state index contributed by atoms with van der Waals surface area (Å²) in [5.41, 5.74) is 1.91. The first-order chi connectivity index (χ1) is 10.4. The third kappa shape index (κ3) is 2.45. The Bertz CT molecular complexity index is 897. The largest absolute Gasteiger partial charge is 0.329 e. The van der Waals surface area contributed by atoms with Crippen molar-refractivity contribution in [2.75, 3.05) is 5.32 Å². The molecule has 1 amide bonds. The average molecular weight is 358 g/mol. The zero-order valence-electron chi connectivity index (χ0n) is 11.7. The summed E-state index contributed by atoms with van der Waals surface area (Å²) in [5, 5.41) is 3.97. The molecule has 0 spiro atoms. The molecular formula is C14H11Cl3N4O. The molecule has 8 heteroatoms. The average Bonchev–Trinajstić information content (AvgIpc) is 2.91. The van der Waals surface area contributed by atoms with Crippen LogP contribution in [0.1, 0.15) is 10.5 Å². The van der Waals surface area contributed by atoms with Gasteiger partial charge in [-0.25, -0.2) is 4.98 Å². The molecule has 0 aliphatic heterocycles. The number of benzene rings is 1. The van der Waals surface area contributed by atoms with Crippen LogP contribution in [0.4, 0.5) is 5.95 Å². The van der Waals surface area contributed by atoms with Crippen LogP contribution in [-0.4, -0.2) is 20.0 Å². The number of halogens is 3. The highest BCUT2D eigenvalue weighted by molar-refractivity contribution is 6.42. The third-order valence-electron chi connectivity index (χ3n) is 3.42. The summed E-state index contributed by atoms with van der Waals surface area (Å²) in [6.45, 7) is 0. The molecule has 0 atom stereocenters. The van der Waals surface area contributed by atoms with Crippen LogP contribution in [-0.2, 0) is 14.1 Å². The smallest absolute Gasteiger partial charge is 0.274 e. The van der Waals surface area contributed by atoms with E-state index in [9.17, 15) is 4.79 Å². The fraction of sp³-hybridized carbons (Fsp3) is 0.143. The van der Waals surface area contributed by atoms with Crippen LogP contribution in [0, 0.1) is 0 Å². The minimum Gasteiger partial charge on any atom is -0.329 e. The topological polar surface area (TPSA) is 51.9 Å². The van der Waals surface area contributed by atoms with E-state index in [0.717, 1.165) is 5.52 Å². The summed E-state index contributed by atoms with van der Waals surface area (Å²) in [6, 6.07) is 6.87. The van der Waals surface area contributed by atoms with Gasteiger partial charge in [-0.1, -0.05) is 34.8 Å². The monoisotopic (exact) mass is 356 g/mol. The highest BCUT2D eigenvalue weighted by atomic mass is 35.5. The maximum Gasteiger partial charge on any atom is 0.274 e. The molecule has 0 fully saturated rings. The van der Waals surface area contributed by atoms with E-state index >= 15 is 0 Å². The Morgan fingerprint density at radius 2 is 1.86 bits per heavy atom. The normalized spacial score (nSPS) is 11.1. The first-order valence-electron chi connectivity index (χ1n) is 6.32. The van der Waals surface area contributed by atoms with Crippen LogP contribution in [0.15, 0.2) is 24.3 Å². The molecule has 0 aliphatic carbocycles. The lowest BCUT2D eigenvalue weighted by atomic mass is 10.3. The van der Waals surface area contributed by atoms with Gasteiger partial charge in [-0.15, -0.1) is 0 Å². The quantitative estimate of drug-likeness (QED) is 0.750. The van der Waals surface area contributed by atoms with Crippen LogP contribution < -0.4 is 5.32 Å². The van der Waals surface area contributed by atoms with Gasteiger partial charge in [-0.3, -0.25) is 10.1 Å². The van der Waals surface area contributed by atoms with Gasteiger partial charge in [0.15, 0.2) is 0 Å². The maximum atomic E-state index is 12.4. The van der Waals surface area contributed by atoms with Gasteiger partial charge in [0.05, 0.1) is 16.1 Å². The van der Waals surface area contributed by atoms with Crippen molar-refractivity contribution in [3.63, 3.8) is 0 Å². The van der Waals surface area contributed by atoms with Gasteiger partial charge in [0.2, 0.25) is 5.95 Å². The number of carbonyl (C=O) groups is 1. The molecule has 1 aromatic carbocycles. The summed E-state index contributed by atoms with van der Waals surface area (Å²) in [5.74, 6) is 0.0662. The zero-order chi connectivity index (χ0) is 16.0. The molecule has 114 valence electrons. The SMILES string of the molecule is Cn1c(C(=O)Nc2nc3cc(Cl)ccc3n2C)cc(Cl)c1Cl. The Labute approximate surface area is 141 Å². The van der Waals surface area contributed by atoms with Gasteiger partial charge in [0.25, 0.3) is 5.91 Å². The Morgan fingerprint density at radius 1 is 1.14 bits per heavy atom. The Hall–Kier alpha value is -1.69. The number of aryl methyl sites for hydroxylation is 1. The van der Waals surface area contributed by atoms with Crippen molar-refractivity contribution in [1.29, 1.82) is 0 Å². The number of hydrogen-bond acceptors (Lipinski definition) is 2. The van der Waals surface area contributed by atoms with E-state index in [1.165, 1.54) is 10.6 Å². The molecule has 1 N–H and O–H groups in total. The second kappa shape index (κ2) is 5.50. The van der Waals surface area contributed by atoms with E-state index < -0.39 is 0 Å². The van der Waals surface area contributed by atoms with Gasteiger partial charge in [-0.2, -0.15) is 0 Å². The highest BCUT2D eigenvalue weighted by Gasteiger charge is 2.18. The first kappa shape index (κ1) is 15.2. The molecular weight excluding hydrogens is 347 g/mol. The minimum atomic E-state index is -0.346. The lowest BCUT2D eigenvalue weighted by Gasteiger charge is -2.06.